The Morgan fingerprint density at radius 3 is 2.21 bits per heavy atom. The minimum Gasteiger partial charge on any atom is -0.487 e. The van der Waals surface area contributed by atoms with Gasteiger partial charge in [-0.1, -0.05) is 35.3 Å². The van der Waals surface area contributed by atoms with E-state index in [1.165, 1.54) is 0 Å². The summed E-state index contributed by atoms with van der Waals surface area (Å²) in [6.45, 7) is 0.420. The fourth-order valence-electron chi connectivity index (χ4n) is 2.92. The molecule has 2 amide bonds. The Labute approximate surface area is 237 Å². The van der Waals surface area contributed by atoms with E-state index in [4.69, 9.17) is 27.9 Å². The quantitative estimate of drug-likeness (QED) is 0.223. The minimum absolute atomic E-state index is 0.239. The van der Waals surface area contributed by atoms with Crippen LogP contribution < -0.4 is 10.1 Å². The van der Waals surface area contributed by atoms with Crippen LogP contribution >= 0.6 is 80.1 Å². The van der Waals surface area contributed by atoms with E-state index in [9.17, 15) is 9.59 Å². The summed E-state index contributed by atoms with van der Waals surface area (Å²) in [6.07, 6.45) is 1.77. The number of carbonyl (C=O) groups excluding carboxylic acids is 2. The summed E-state index contributed by atoms with van der Waals surface area (Å²) >= 11 is 17.3. The molecule has 3 aromatic carbocycles. The molecule has 0 aromatic heterocycles. The second-order valence-corrected chi connectivity index (χ2v) is 11.3. The SMILES string of the molecule is O=C1NC(=NC(=O)c2ccc(Cl)cc2)S/C1=C\c1cc(I)c(OCc2ccc(Cl)cc2)c(I)c1. The fraction of sp³-hybridized carbons (Fsp3) is 0.0417. The molecule has 0 unspecified atom stereocenters. The Bertz CT molecular complexity index is 1300. The first-order valence-electron chi connectivity index (χ1n) is 9.74. The molecule has 1 fully saturated rings. The summed E-state index contributed by atoms with van der Waals surface area (Å²) < 4.78 is 7.86. The molecule has 1 aliphatic rings. The Balaban J connectivity index is 1.47. The molecule has 3 aromatic rings. The van der Waals surface area contributed by atoms with Crippen LogP contribution in [-0.4, -0.2) is 17.0 Å². The highest BCUT2D eigenvalue weighted by Gasteiger charge is 2.25. The summed E-state index contributed by atoms with van der Waals surface area (Å²) in [6, 6.07) is 17.8. The molecule has 0 saturated carbocycles. The first kappa shape index (κ1) is 25.5. The number of halogens is 4. The van der Waals surface area contributed by atoms with Gasteiger partial charge in [-0.05, 0) is 123 Å². The van der Waals surface area contributed by atoms with Crippen LogP contribution in [0.3, 0.4) is 0 Å². The Morgan fingerprint density at radius 2 is 1.59 bits per heavy atom. The second-order valence-electron chi connectivity index (χ2n) is 7.02. The van der Waals surface area contributed by atoms with Gasteiger partial charge in [0.2, 0.25) is 0 Å². The van der Waals surface area contributed by atoms with Gasteiger partial charge in [0.1, 0.15) is 12.4 Å². The molecular weight excluding hydrogens is 721 g/mol. The number of benzene rings is 3. The first-order chi connectivity index (χ1) is 16.3. The number of nitrogens with zero attached hydrogens (tertiary/aromatic N) is 1. The third-order valence-corrected chi connectivity index (χ3v) is 7.58. The molecular formula is C24H14Cl2I2N2O3S. The second kappa shape index (κ2) is 11.4. The highest BCUT2D eigenvalue weighted by atomic mass is 127. The molecule has 10 heteroatoms. The predicted octanol–water partition coefficient (Wildman–Crippen LogP) is 7.18. The van der Waals surface area contributed by atoms with E-state index in [1.807, 2.05) is 36.4 Å². The maximum Gasteiger partial charge on any atom is 0.279 e. The van der Waals surface area contributed by atoms with E-state index >= 15 is 0 Å². The average Bonchev–Trinajstić information content (AvgIpc) is 3.13. The van der Waals surface area contributed by atoms with E-state index in [1.54, 1.807) is 30.3 Å². The highest BCUT2D eigenvalue weighted by molar-refractivity contribution is 14.1. The fourth-order valence-corrected chi connectivity index (χ4v) is 6.12. The van der Waals surface area contributed by atoms with Crippen molar-refractivity contribution in [3.63, 3.8) is 0 Å². The number of aliphatic imine (C=N–C) groups is 1. The lowest BCUT2D eigenvalue weighted by Crippen LogP contribution is -2.20. The molecule has 4 rings (SSSR count). The zero-order valence-corrected chi connectivity index (χ0v) is 23.8. The van der Waals surface area contributed by atoms with Crippen molar-refractivity contribution in [1.29, 1.82) is 0 Å². The monoisotopic (exact) mass is 734 g/mol. The number of thioether (sulfide) groups is 1. The topological polar surface area (TPSA) is 67.8 Å². The Morgan fingerprint density at radius 1 is 1.00 bits per heavy atom. The lowest BCUT2D eigenvalue weighted by Gasteiger charge is -2.12. The summed E-state index contributed by atoms with van der Waals surface area (Å²) in [4.78, 5) is 29.2. The molecule has 0 atom stereocenters. The van der Waals surface area contributed by atoms with Gasteiger partial charge in [0.25, 0.3) is 11.8 Å². The number of carbonyl (C=O) groups is 2. The predicted molar refractivity (Wildman–Crippen MR) is 155 cm³/mol. The standard InChI is InChI=1S/C24H14Cl2I2N2O3S/c25-16-5-1-13(2-6-16)12-33-21-18(27)9-14(10-19(21)28)11-20-23(32)30-24(34-20)29-22(31)15-3-7-17(26)8-4-15/h1-11H,12H2,(H,29,30,31,32)/b20-11-. The molecule has 0 radical (unpaired) electrons. The van der Waals surface area contributed by atoms with Crippen molar-refractivity contribution in [3.05, 3.63) is 99.4 Å². The Hall–Kier alpha value is -1.60. The number of amides is 2. The highest BCUT2D eigenvalue weighted by Crippen LogP contribution is 2.33. The number of nitrogens with one attached hydrogen (secondary N) is 1. The molecule has 5 nitrogen and oxygen atoms in total. The van der Waals surface area contributed by atoms with Crippen LogP contribution in [0.15, 0.2) is 70.6 Å². The zero-order chi connectivity index (χ0) is 24.2. The number of amidine groups is 1. The summed E-state index contributed by atoms with van der Waals surface area (Å²) in [7, 11) is 0. The van der Waals surface area contributed by atoms with E-state index in [2.05, 4.69) is 55.5 Å². The summed E-state index contributed by atoms with van der Waals surface area (Å²) in [5.74, 6) is 0.0189. The van der Waals surface area contributed by atoms with Gasteiger partial charge in [-0.3, -0.25) is 9.59 Å². The normalized spacial score (nSPS) is 15.6. The van der Waals surface area contributed by atoms with Crippen LogP contribution in [0.4, 0.5) is 0 Å². The van der Waals surface area contributed by atoms with Gasteiger partial charge in [-0.15, -0.1) is 0 Å². The number of ether oxygens (including phenoxy) is 1. The van der Waals surface area contributed by atoms with Crippen molar-refractivity contribution in [1.82, 2.24) is 5.32 Å². The maximum atomic E-state index is 12.4. The maximum absolute atomic E-state index is 12.4. The smallest absolute Gasteiger partial charge is 0.279 e. The van der Waals surface area contributed by atoms with Crippen LogP contribution in [0.1, 0.15) is 21.5 Å². The van der Waals surface area contributed by atoms with Crippen LogP contribution in [0.25, 0.3) is 6.08 Å². The van der Waals surface area contributed by atoms with Crippen molar-refractivity contribution >= 4 is 103 Å². The van der Waals surface area contributed by atoms with Crippen LogP contribution in [0, 0.1) is 7.14 Å². The van der Waals surface area contributed by atoms with E-state index in [0.717, 1.165) is 35.8 Å². The van der Waals surface area contributed by atoms with E-state index in [-0.39, 0.29) is 11.1 Å². The van der Waals surface area contributed by atoms with Gasteiger partial charge in [0.05, 0.1) is 12.0 Å². The van der Waals surface area contributed by atoms with Gasteiger partial charge in [0, 0.05) is 15.6 Å². The van der Waals surface area contributed by atoms with Crippen molar-refractivity contribution in [3.8, 4) is 5.75 Å². The zero-order valence-electron chi connectivity index (χ0n) is 17.2. The summed E-state index contributed by atoms with van der Waals surface area (Å²) in [5.41, 5.74) is 2.25. The van der Waals surface area contributed by atoms with Crippen molar-refractivity contribution < 1.29 is 14.3 Å². The molecule has 1 heterocycles. The first-order valence-corrected chi connectivity index (χ1v) is 13.5. The minimum atomic E-state index is -0.452. The average molecular weight is 735 g/mol. The van der Waals surface area contributed by atoms with Gasteiger partial charge in [-0.25, -0.2) is 0 Å². The van der Waals surface area contributed by atoms with E-state index < -0.39 is 5.91 Å². The molecule has 1 aliphatic heterocycles. The Kier molecular flexibility index (Phi) is 8.57. The van der Waals surface area contributed by atoms with E-state index in [0.29, 0.717) is 27.1 Å². The molecule has 0 bridgehead atoms. The van der Waals surface area contributed by atoms with Crippen LogP contribution in [0.2, 0.25) is 10.0 Å². The van der Waals surface area contributed by atoms with Crippen molar-refractivity contribution in [2.45, 2.75) is 6.61 Å². The number of hydrogen-bond acceptors (Lipinski definition) is 4. The molecule has 1 saturated heterocycles. The van der Waals surface area contributed by atoms with Crippen molar-refractivity contribution in [2.75, 3.05) is 0 Å². The third kappa shape index (κ3) is 6.54. The number of hydrogen-bond donors (Lipinski definition) is 1. The lowest BCUT2D eigenvalue weighted by molar-refractivity contribution is -0.115. The molecule has 0 spiro atoms. The van der Waals surface area contributed by atoms with Gasteiger partial charge >= 0.3 is 0 Å². The van der Waals surface area contributed by atoms with Gasteiger partial charge in [0.15, 0.2) is 5.17 Å². The van der Waals surface area contributed by atoms with Gasteiger partial charge in [-0.2, -0.15) is 4.99 Å². The third-order valence-electron chi connectivity index (χ3n) is 4.56. The van der Waals surface area contributed by atoms with Gasteiger partial charge < -0.3 is 10.1 Å². The van der Waals surface area contributed by atoms with Crippen LogP contribution in [-0.2, 0) is 11.4 Å². The molecule has 0 aliphatic carbocycles. The van der Waals surface area contributed by atoms with Crippen molar-refractivity contribution in [2.24, 2.45) is 4.99 Å². The van der Waals surface area contributed by atoms with Crippen LogP contribution in [0.5, 0.6) is 5.75 Å². The molecule has 1 N–H and O–H groups in total. The molecule has 34 heavy (non-hydrogen) atoms. The lowest BCUT2D eigenvalue weighted by atomic mass is 10.2. The molecule has 172 valence electrons. The largest absolute Gasteiger partial charge is 0.487 e. The number of rotatable bonds is 5. The summed E-state index contributed by atoms with van der Waals surface area (Å²) in [5, 5.41) is 4.09.